The molecule has 2 heteroatoms. The van der Waals surface area contributed by atoms with E-state index in [1.165, 1.54) is 13.1 Å². The third-order valence-corrected chi connectivity index (χ3v) is 2.65. The predicted octanol–water partition coefficient (Wildman–Crippen LogP) is 0.337. The third kappa shape index (κ3) is 0.578. The largest absolute Gasteiger partial charge is 0.377 e. The van der Waals surface area contributed by atoms with Gasteiger partial charge in [0, 0.05) is 18.5 Å². The van der Waals surface area contributed by atoms with Gasteiger partial charge in [0.1, 0.15) is 0 Å². The van der Waals surface area contributed by atoms with Crippen LogP contribution in [0.1, 0.15) is 6.92 Å². The van der Waals surface area contributed by atoms with E-state index in [-0.39, 0.29) is 0 Å². The van der Waals surface area contributed by atoms with E-state index in [0.29, 0.717) is 11.5 Å². The van der Waals surface area contributed by atoms with Crippen LogP contribution in [0, 0.1) is 5.41 Å². The highest BCUT2D eigenvalue weighted by molar-refractivity contribution is 5.02. The number of ether oxygens (including phenoxy) is 1. The van der Waals surface area contributed by atoms with Crippen molar-refractivity contribution in [3.8, 4) is 0 Å². The van der Waals surface area contributed by atoms with Gasteiger partial charge in [-0.1, -0.05) is 0 Å². The molecule has 0 aromatic rings. The fourth-order valence-corrected chi connectivity index (χ4v) is 1.86. The summed E-state index contributed by atoms with van der Waals surface area (Å²) in [7, 11) is 2.16. The Bertz CT molecular complexity index is 129. The normalized spacial score (nSPS) is 40.0. The van der Waals surface area contributed by atoms with Crippen molar-refractivity contribution in [1.82, 2.24) is 4.90 Å². The molecular formula is C7H13NO. The fraction of sp³-hybridized carbons (Fsp3) is 1.00. The molecule has 52 valence electrons. The summed E-state index contributed by atoms with van der Waals surface area (Å²) < 4.78 is 5.31. The van der Waals surface area contributed by atoms with Crippen molar-refractivity contribution in [2.75, 3.05) is 26.7 Å². The molecule has 0 aromatic carbocycles. The highest BCUT2D eigenvalue weighted by Crippen LogP contribution is 2.42. The van der Waals surface area contributed by atoms with E-state index < -0.39 is 0 Å². The third-order valence-electron chi connectivity index (χ3n) is 2.65. The van der Waals surface area contributed by atoms with E-state index in [0.717, 1.165) is 6.61 Å². The van der Waals surface area contributed by atoms with E-state index in [1.54, 1.807) is 0 Å². The van der Waals surface area contributed by atoms with Crippen LogP contribution in [-0.2, 0) is 4.74 Å². The zero-order valence-electron chi connectivity index (χ0n) is 6.05. The molecule has 2 nitrogen and oxygen atoms in total. The smallest absolute Gasteiger partial charge is 0.0650 e. The standard InChI is InChI=1S/C7H13NO/c1-6-7(5-9-6)3-8(2)4-7/h6H,3-5H2,1-2H3. The Labute approximate surface area is 55.8 Å². The molecule has 2 aliphatic rings. The van der Waals surface area contributed by atoms with Gasteiger partial charge in [-0.3, -0.25) is 0 Å². The number of likely N-dealkylation sites (tertiary alicyclic amines) is 1. The van der Waals surface area contributed by atoms with Crippen molar-refractivity contribution in [2.24, 2.45) is 5.41 Å². The Kier molecular flexibility index (Phi) is 0.945. The van der Waals surface area contributed by atoms with Crippen LogP contribution in [0.15, 0.2) is 0 Å². The molecule has 0 saturated carbocycles. The van der Waals surface area contributed by atoms with E-state index in [2.05, 4.69) is 18.9 Å². The van der Waals surface area contributed by atoms with Crippen molar-refractivity contribution < 1.29 is 4.74 Å². The summed E-state index contributed by atoms with van der Waals surface area (Å²) in [5, 5.41) is 0. The average molecular weight is 127 g/mol. The minimum atomic E-state index is 0.522. The number of nitrogens with zero attached hydrogens (tertiary/aromatic N) is 1. The Morgan fingerprint density at radius 1 is 1.56 bits per heavy atom. The molecule has 1 unspecified atom stereocenters. The highest BCUT2D eigenvalue weighted by Gasteiger charge is 2.52. The molecule has 1 spiro atoms. The van der Waals surface area contributed by atoms with Gasteiger partial charge in [0.25, 0.3) is 0 Å². The van der Waals surface area contributed by atoms with E-state index in [9.17, 15) is 0 Å². The van der Waals surface area contributed by atoms with Crippen molar-refractivity contribution in [1.29, 1.82) is 0 Å². The molecule has 2 fully saturated rings. The molecule has 0 radical (unpaired) electrons. The van der Waals surface area contributed by atoms with Gasteiger partial charge in [-0.2, -0.15) is 0 Å². The molecule has 9 heavy (non-hydrogen) atoms. The van der Waals surface area contributed by atoms with Crippen LogP contribution >= 0.6 is 0 Å². The van der Waals surface area contributed by atoms with Crippen LogP contribution in [-0.4, -0.2) is 37.7 Å². The lowest BCUT2D eigenvalue weighted by Crippen LogP contribution is -2.68. The molecule has 2 saturated heterocycles. The topological polar surface area (TPSA) is 12.5 Å². The van der Waals surface area contributed by atoms with Gasteiger partial charge in [-0.15, -0.1) is 0 Å². The molecule has 0 bridgehead atoms. The Balaban J connectivity index is 1.97. The van der Waals surface area contributed by atoms with E-state index in [4.69, 9.17) is 4.74 Å². The van der Waals surface area contributed by atoms with E-state index >= 15 is 0 Å². The second-order valence-electron chi connectivity index (χ2n) is 3.49. The van der Waals surface area contributed by atoms with Gasteiger partial charge in [0.2, 0.25) is 0 Å². The Morgan fingerprint density at radius 2 is 2.22 bits per heavy atom. The summed E-state index contributed by atoms with van der Waals surface area (Å²) in [6, 6.07) is 0. The zero-order chi connectivity index (χ0) is 6.48. The Morgan fingerprint density at radius 3 is 2.33 bits per heavy atom. The summed E-state index contributed by atoms with van der Waals surface area (Å²) in [6.07, 6.45) is 0.522. The molecule has 2 rings (SSSR count). The van der Waals surface area contributed by atoms with Crippen molar-refractivity contribution in [3.63, 3.8) is 0 Å². The Hall–Kier alpha value is -0.0800. The maximum atomic E-state index is 5.31. The summed E-state index contributed by atoms with van der Waals surface area (Å²) in [5.41, 5.74) is 0.578. The second-order valence-corrected chi connectivity index (χ2v) is 3.49. The maximum absolute atomic E-state index is 5.31. The van der Waals surface area contributed by atoms with Gasteiger partial charge in [-0.25, -0.2) is 0 Å². The van der Waals surface area contributed by atoms with Crippen LogP contribution in [0.2, 0.25) is 0 Å². The first kappa shape index (κ1) is 5.69. The van der Waals surface area contributed by atoms with Crippen molar-refractivity contribution in [2.45, 2.75) is 13.0 Å². The second kappa shape index (κ2) is 1.50. The lowest BCUT2D eigenvalue weighted by molar-refractivity contribution is -0.234. The van der Waals surface area contributed by atoms with Gasteiger partial charge >= 0.3 is 0 Å². The highest BCUT2D eigenvalue weighted by atomic mass is 16.5. The molecule has 1 atom stereocenters. The predicted molar refractivity (Wildman–Crippen MR) is 35.3 cm³/mol. The quantitative estimate of drug-likeness (QED) is 0.465. The number of rotatable bonds is 0. The van der Waals surface area contributed by atoms with Crippen molar-refractivity contribution in [3.05, 3.63) is 0 Å². The first-order valence-electron chi connectivity index (χ1n) is 3.53. The molecule has 0 aliphatic carbocycles. The lowest BCUT2D eigenvalue weighted by atomic mass is 9.72. The summed E-state index contributed by atoms with van der Waals surface area (Å²) in [6.45, 7) is 5.66. The van der Waals surface area contributed by atoms with Gasteiger partial charge < -0.3 is 9.64 Å². The summed E-state index contributed by atoms with van der Waals surface area (Å²) in [4.78, 5) is 2.35. The monoisotopic (exact) mass is 127 g/mol. The molecule has 0 amide bonds. The first-order chi connectivity index (χ1) is 4.23. The molecular weight excluding hydrogens is 114 g/mol. The molecule has 0 N–H and O–H groups in total. The van der Waals surface area contributed by atoms with Crippen LogP contribution in [0.4, 0.5) is 0 Å². The summed E-state index contributed by atoms with van der Waals surface area (Å²) in [5.74, 6) is 0. The fourth-order valence-electron chi connectivity index (χ4n) is 1.86. The number of hydrogen-bond donors (Lipinski definition) is 0. The first-order valence-corrected chi connectivity index (χ1v) is 3.53. The number of hydrogen-bond acceptors (Lipinski definition) is 2. The minimum absolute atomic E-state index is 0.522. The minimum Gasteiger partial charge on any atom is -0.377 e. The van der Waals surface area contributed by atoms with Crippen LogP contribution in [0.5, 0.6) is 0 Å². The maximum Gasteiger partial charge on any atom is 0.0650 e. The molecule has 2 aliphatic heterocycles. The summed E-state index contributed by atoms with van der Waals surface area (Å²) >= 11 is 0. The van der Waals surface area contributed by atoms with Gasteiger partial charge in [0.15, 0.2) is 0 Å². The average Bonchev–Trinajstić information content (AvgIpc) is 1.77. The van der Waals surface area contributed by atoms with Crippen LogP contribution in [0.3, 0.4) is 0 Å². The van der Waals surface area contributed by atoms with Gasteiger partial charge in [-0.05, 0) is 14.0 Å². The SMILES string of the molecule is CC1OCC12CN(C)C2. The molecule has 2 heterocycles. The molecule has 0 aromatic heterocycles. The van der Waals surface area contributed by atoms with Gasteiger partial charge in [0.05, 0.1) is 12.7 Å². The lowest BCUT2D eigenvalue weighted by Gasteiger charge is -2.58. The zero-order valence-corrected chi connectivity index (χ0v) is 6.05. The van der Waals surface area contributed by atoms with Crippen LogP contribution < -0.4 is 0 Å². The van der Waals surface area contributed by atoms with Crippen molar-refractivity contribution >= 4 is 0 Å². The van der Waals surface area contributed by atoms with E-state index in [1.807, 2.05) is 0 Å². The van der Waals surface area contributed by atoms with Crippen LogP contribution in [0.25, 0.3) is 0 Å².